The van der Waals surface area contributed by atoms with Crippen LogP contribution in [0.1, 0.15) is 38.6 Å². The molecule has 212 valence electrons. The molecule has 40 heavy (non-hydrogen) atoms. The molecule has 3 amide bonds. The molecule has 5 rings (SSSR count). The summed E-state index contributed by atoms with van der Waals surface area (Å²) >= 11 is 3.53. The quantitative estimate of drug-likeness (QED) is 0.374. The number of benzene rings is 2. The maximum absolute atomic E-state index is 14.3. The molecular weight excluding hydrogens is 576 g/mol. The first-order valence-electron chi connectivity index (χ1n) is 13.6. The van der Waals surface area contributed by atoms with Crippen LogP contribution in [0.3, 0.4) is 0 Å². The Hall–Kier alpha value is -3.40. The summed E-state index contributed by atoms with van der Waals surface area (Å²) in [6, 6.07) is 15.3. The number of hydrogen-bond donors (Lipinski definition) is 0. The van der Waals surface area contributed by atoms with E-state index in [9.17, 15) is 14.4 Å². The highest BCUT2D eigenvalue weighted by molar-refractivity contribution is 9.10. The molecule has 2 fully saturated rings. The smallest absolute Gasteiger partial charge is 0.416 e. The van der Waals surface area contributed by atoms with E-state index in [-0.39, 0.29) is 18.4 Å². The number of rotatable bonds is 6. The Balaban J connectivity index is 1.44. The first-order valence-corrected chi connectivity index (χ1v) is 14.4. The second-order valence-corrected chi connectivity index (χ2v) is 12.6. The summed E-state index contributed by atoms with van der Waals surface area (Å²) in [5.41, 5.74) is 2.18. The number of likely N-dealkylation sites (tertiary alicyclic amines) is 1. The fourth-order valence-corrected chi connectivity index (χ4v) is 5.95. The van der Waals surface area contributed by atoms with E-state index >= 15 is 0 Å². The molecule has 2 saturated heterocycles. The highest BCUT2D eigenvalue weighted by Gasteiger charge is 2.45. The Labute approximate surface area is 242 Å². The van der Waals surface area contributed by atoms with Crippen molar-refractivity contribution in [3.63, 3.8) is 0 Å². The molecular formula is C30H35BrN4O5. The van der Waals surface area contributed by atoms with Gasteiger partial charge in [0.15, 0.2) is 0 Å². The minimum atomic E-state index is -0.619. The molecule has 0 radical (unpaired) electrons. The zero-order valence-corrected chi connectivity index (χ0v) is 24.9. The van der Waals surface area contributed by atoms with Crippen LogP contribution in [-0.4, -0.2) is 68.8 Å². The van der Waals surface area contributed by atoms with E-state index in [0.717, 1.165) is 26.9 Å². The fraction of sp³-hybridized carbons (Fsp3) is 0.467. The summed E-state index contributed by atoms with van der Waals surface area (Å²) in [6.07, 6.45) is 0.455. The van der Waals surface area contributed by atoms with E-state index in [1.165, 1.54) is 4.90 Å². The SMILES string of the molecule is Cn1c(C[C@H](C(=O)N2C(=O)OC[C@@H]2Cc2ccccc2)[C@H]2CCN(C(=O)OC(C)(C)C)C2)nc2ccc(Br)cc21. The Morgan fingerprint density at radius 1 is 1.18 bits per heavy atom. The Bertz CT molecular complexity index is 1420. The number of aryl methyl sites for hydroxylation is 1. The molecule has 2 aliphatic rings. The maximum Gasteiger partial charge on any atom is 0.416 e. The monoisotopic (exact) mass is 610 g/mol. The summed E-state index contributed by atoms with van der Waals surface area (Å²) < 4.78 is 13.9. The molecule has 0 saturated carbocycles. The molecule has 0 bridgehead atoms. The van der Waals surface area contributed by atoms with Crippen molar-refractivity contribution in [2.45, 2.75) is 51.7 Å². The van der Waals surface area contributed by atoms with Gasteiger partial charge in [-0.3, -0.25) is 4.79 Å². The fourth-order valence-electron chi connectivity index (χ4n) is 5.60. The highest BCUT2D eigenvalue weighted by atomic mass is 79.9. The molecule has 0 unspecified atom stereocenters. The van der Waals surface area contributed by atoms with Crippen LogP contribution in [0.15, 0.2) is 53.0 Å². The van der Waals surface area contributed by atoms with Gasteiger partial charge in [0, 0.05) is 31.0 Å². The highest BCUT2D eigenvalue weighted by Crippen LogP contribution is 2.33. The van der Waals surface area contributed by atoms with E-state index in [0.29, 0.717) is 32.4 Å². The number of aromatic nitrogens is 2. The lowest BCUT2D eigenvalue weighted by molar-refractivity contribution is -0.135. The van der Waals surface area contributed by atoms with Crippen molar-refractivity contribution in [1.82, 2.24) is 19.4 Å². The summed E-state index contributed by atoms with van der Waals surface area (Å²) in [5, 5.41) is 0. The first kappa shape index (κ1) is 28.1. The topological polar surface area (TPSA) is 94.0 Å². The van der Waals surface area contributed by atoms with Gasteiger partial charge in [-0.05, 0) is 63.3 Å². The largest absolute Gasteiger partial charge is 0.447 e. The number of amides is 3. The van der Waals surface area contributed by atoms with E-state index in [1.54, 1.807) is 4.90 Å². The van der Waals surface area contributed by atoms with Gasteiger partial charge in [0.1, 0.15) is 18.0 Å². The van der Waals surface area contributed by atoms with Gasteiger partial charge < -0.3 is 18.9 Å². The lowest BCUT2D eigenvalue weighted by atomic mass is 9.86. The molecule has 9 nitrogen and oxygen atoms in total. The number of halogens is 1. The van der Waals surface area contributed by atoms with Crippen molar-refractivity contribution in [1.29, 1.82) is 0 Å². The standard InChI is InChI=1S/C30H35BrN4O5/c1-30(2,3)40-28(37)34-13-12-20(17-34)23(16-26-32-24-11-10-21(31)15-25(24)33(26)4)27(36)35-22(18-39-29(35)38)14-19-8-6-5-7-9-19/h5-11,15,20,22-23H,12-14,16-18H2,1-4H3/t20-,22-,23-/m0/s1. The van der Waals surface area contributed by atoms with Gasteiger partial charge in [0.2, 0.25) is 5.91 Å². The normalized spacial score (nSPS) is 20.2. The van der Waals surface area contributed by atoms with Crippen molar-refractivity contribution >= 4 is 45.1 Å². The predicted molar refractivity (Wildman–Crippen MR) is 154 cm³/mol. The lowest BCUT2D eigenvalue weighted by Gasteiger charge is -2.29. The van der Waals surface area contributed by atoms with Crippen LogP contribution in [0.5, 0.6) is 0 Å². The molecule has 3 atom stereocenters. The number of carbonyl (C=O) groups excluding carboxylic acids is 3. The summed E-state index contributed by atoms with van der Waals surface area (Å²) in [6.45, 7) is 6.51. The second-order valence-electron chi connectivity index (χ2n) is 11.6. The van der Waals surface area contributed by atoms with Crippen molar-refractivity contribution in [2.75, 3.05) is 19.7 Å². The summed E-state index contributed by atoms with van der Waals surface area (Å²) in [7, 11) is 1.93. The molecule has 0 N–H and O–H groups in total. The van der Waals surface area contributed by atoms with Crippen LogP contribution in [-0.2, 0) is 34.2 Å². The van der Waals surface area contributed by atoms with Gasteiger partial charge in [-0.25, -0.2) is 19.5 Å². The van der Waals surface area contributed by atoms with Gasteiger partial charge in [-0.2, -0.15) is 0 Å². The van der Waals surface area contributed by atoms with Crippen molar-refractivity contribution in [2.24, 2.45) is 18.9 Å². The summed E-state index contributed by atoms with van der Waals surface area (Å²) in [5.74, 6) is -0.283. The molecule has 0 spiro atoms. The van der Waals surface area contributed by atoms with Crippen molar-refractivity contribution in [3.8, 4) is 0 Å². The van der Waals surface area contributed by atoms with Crippen LogP contribution < -0.4 is 0 Å². The third-order valence-electron chi connectivity index (χ3n) is 7.61. The molecule has 2 aliphatic heterocycles. The number of nitrogens with zero attached hydrogens (tertiary/aromatic N) is 4. The number of cyclic esters (lactones) is 1. The van der Waals surface area contributed by atoms with E-state index in [1.807, 2.05) is 80.9 Å². The zero-order valence-electron chi connectivity index (χ0n) is 23.3. The Morgan fingerprint density at radius 2 is 1.93 bits per heavy atom. The molecule has 10 heteroatoms. The average molecular weight is 612 g/mol. The van der Waals surface area contributed by atoms with Gasteiger partial charge in [-0.1, -0.05) is 46.3 Å². The van der Waals surface area contributed by atoms with Gasteiger partial charge in [0.25, 0.3) is 0 Å². The van der Waals surface area contributed by atoms with Crippen molar-refractivity contribution in [3.05, 3.63) is 64.4 Å². The molecule has 3 aromatic rings. The number of fused-ring (bicyclic) bond motifs is 1. The molecule has 1 aromatic heterocycles. The average Bonchev–Trinajstić information content (AvgIpc) is 3.60. The molecule has 2 aromatic carbocycles. The second kappa shape index (κ2) is 11.2. The van der Waals surface area contributed by atoms with E-state index in [2.05, 4.69) is 15.9 Å². The van der Waals surface area contributed by atoms with Crippen molar-refractivity contribution < 1.29 is 23.9 Å². The van der Waals surface area contributed by atoms with Gasteiger partial charge in [-0.15, -0.1) is 0 Å². The van der Waals surface area contributed by atoms with Gasteiger partial charge >= 0.3 is 12.2 Å². The number of carbonyl (C=O) groups is 3. The summed E-state index contributed by atoms with van der Waals surface area (Å²) in [4.78, 5) is 47.8. The van der Waals surface area contributed by atoms with Crippen LogP contribution in [0.2, 0.25) is 0 Å². The molecule has 0 aliphatic carbocycles. The van der Waals surface area contributed by atoms with Crippen LogP contribution in [0, 0.1) is 11.8 Å². The number of imidazole rings is 1. The van der Waals surface area contributed by atoms with E-state index < -0.39 is 29.7 Å². The van der Waals surface area contributed by atoms with Crippen LogP contribution in [0.25, 0.3) is 11.0 Å². The predicted octanol–water partition coefficient (Wildman–Crippen LogP) is 5.34. The third-order valence-corrected chi connectivity index (χ3v) is 8.11. The number of imide groups is 1. The van der Waals surface area contributed by atoms with E-state index in [4.69, 9.17) is 14.5 Å². The first-order chi connectivity index (χ1) is 19.0. The number of ether oxygens (including phenoxy) is 2. The molecule has 3 heterocycles. The maximum atomic E-state index is 14.3. The lowest BCUT2D eigenvalue weighted by Crippen LogP contribution is -2.46. The Morgan fingerprint density at radius 3 is 2.65 bits per heavy atom. The Kier molecular flexibility index (Phi) is 7.90. The third kappa shape index (κ3) is 6.01. The van der Waals surface area contributed by atoms with Crippen LogP contribution >= 0.6 is 15.9 Å². The van der Waals surface area contributed by atoms with Gasteiger partial charge in [0.05, 0.1) is 23.0 Å². The number of hydrogen-bond acceptors (Lipinski definition) is 6. The minimum absolute atomic E-state index is 0.154. The van der Waals surface area contributed by atoms with Crippen LogP contribution in [0.4, 0.5) is 9.59 Å². The zero-order chi connectivity index (χ0) is 28.6. The minimum Gasteiger partial charge on any atom is -0.447 e.